The molecule has 122 valence electrons. The minimum atomic E-state index is -3.52. The van der Waals surface area contributed by atoms with Crippen molar-refractivity contribution in [3.63, 3.8) is 0 Å². The lowest BCUT2D eigenvalue weighted by atomic mass is 10.1. The van der Waals surface area contributed by atoms with E-state index in [0.717, 1.165) is 16.4 Å². The fourth-order valence-electron chi connectivity index (χ4n) is 2.50. The van der Waals surface area contributed by atoms with Crippen LogP contribution in [0.15, 0.2) is 32.8 Å². The zero-order valence-electron chi connectivity index (χ0n) is 12.4. The van der Waals surface area contributed by atoms with Gasteiger partial charge in [-0.25, -0.2) is 13.4 Å². The molecular weight excluding hydrogens is 384 g/mol. The summed E-state index contributed by atoms with van der Waals surface area (Å²) in [6.07, 6.45) is 3.31. The highest BCUT2D eigenvalue weighted by Gasteiger charge is 2.23. The first-order valence-electron chi connectivity index (χ1n) is 6.98. The molecule has 0 saturated heterocycles. The molecule has 7 nitrogen and oxygen atoms in total. The lowest BCUT2D eigenvalue weighted by molar-refractivity contribution is 0.238. The van der Waals surface area contributed by atoms with Crippen molar-refractivity contribution in [1.29, 1.82) is 0 Å². The number of aromatic nitrogens is 3. The molecule has 1 aliphatic heterocycles. The predicted octanol–water partition coefficient (Wildman–Crippen LogP) is 0.889. The number of nitrogens with one attached hydrogen (secondary N) is 1. The van der Waals surface area contributed by atoms with E-state index in [4.69, 9.17) is 0 Å². The summed E-state index contributed by atoms with van der Waals surface area (Å²) in [6, 6.07) is 3.85. The minimum Gasteiger partial charge on any atom is -0.297 e. The third kappa shape index (κ3) is 3.67. The van der Waals surface area contributed by atoms with E-state index in [2.05, 4.69) is 35.8 Å². The summed E-state index contributed by atoms with van der Waals surface area (Å²) in [4.78, 5) is 25.1. The zero-order chi connectivity index (χ0) is 16.6. The maximum atomic E-state index is 12.2. The first kappa shape index (κ1) is 16.3. The van der Waals surface area contributed by atoms with Gasteiger partial charge in [0.05, 0.1) is 17.0 Å². The van der Waals surface area contributed by atoms with Crippen LogP contribution in [0.1, 0.15) is 17.0 Å². The molecule has 3 rings (SSSR count). The topological polar surface area (TPSA) is 96.0 Å². The molecule has 1 aliphatic rings. The lowest BCUT2D eigenvalue weighted by Gasteiger charge is -2.27. The number of rotatable bonds is 3. The van der Waals surface area contributed by atoms with Crippen LogP contribution in [-0.2, 0) is 29.3 Å². The standard InChI is InChI=1S/C14H15BrN4O3S/c1-23(21,22)14-17-12-4-5-19(8-11(12)13(20)18-14)7-10-3-2-9(15)6-16-10/h2-3,6H,4-5,7-8H2,1H3,(H,17,18,20). The molecule has 9 heteroatoms. The van der Waals surface area contributed by atoms with Crippen molar-refractivity contribution in [2.24, 2.45) is 0 Å². The molecule has 0 spiro atoms. The third-order valence-electron chi connectivity index (χ3n) is 3.65. The largest absolute Gasteiger partial charge is 0.297 e. The minimum absolute atomic E-state index is 0.260. The molecule has 1 N–H and O–H groups in total. The van der Waals surface area contributed by atoms with E-state index in [1.54, 1.807) is 6.20 Å². The zero-order valence-corrected chi connectivity index (χ0v) is 14.8. The van der Waals surface area contributed by atoms with Crippen LogP contribution in [0.5, 0.6) is 0 Å². The molecule has 3 heterocycles. The lowest BCUT2D eigenvalue weighted by Crippen LogP contribution is -2.36. The van der Waals surface area contributed by atoms with Gasteiger partial charge in [-0.05, 0) is 28.1 Å². The van der Waals surface area contributed by atoms with Crippen molar-refractivity contribution in [1.82, 2.24) is 19.9 Å². The fraction of sp³-hybridized carbons (Fsp3) is 0.357. The molecular formula is C14H15BrN4O3S. The first-order valence-corrected chi connectivity index (χ1v) is 9.66. The van der Waals surface area contributed by atoms with E-state index in [1.807, 2.05) is 12.1 Å². The van der Waals surface area contributed by atoms with Gasteiger partial charge < -0.3 is 0 Å². The summed E-state index contributed by atoms with van der Waals surface area (Å²) < 4.78 is 24.0. The average molecular weight is 399 g/mol. The van der Waals surface area contributed by atoms with Crippen LogP contribution in [0.25, 0.3) is 0 Å². The monoisotopic (exact) mass is 398 g/mol. The van der Waals surface area contributed by atoms with E-state index < -0.39 is 9.84 Å². The number of nitrogens with zero attached hydrogens (tertiary/aromatic N) is 3. The Labute approximate surface area is 141 Å². The molecule has 0 aromatic carbocycles. The van der Waals surface area contributed by atoms with Gasteiger partial charge in [0.15, 0.2) is 0 Å². The quantitative estimate of drug-likeness (QED) is 0.771. The molecule has 0 fully saturated rings. The van der Waals surface area contributed by atoms with Crippen molar-refractivity contribution in [3.8, 4) is 0 Å². The number of hydrogen-bond acceptors (Lipinski definition) is 6. The van der Waals surface area contributed by atoms with Crippen molar-refractivity contribution in [2.45, 2.75) is 24.7 Å². The van der Waals surface area contributed by atoms with E-state index >= 15 is 0 Å². The molecule has 0 atom stereocenters. The van der Waals surface area contributed by atoms with Gasteiger partial charge in [0.1, 0.15) is 0 Å². The Hall–Kier alpha value is -1.58. The summed E-state index contributed by atoms with van der Waals surface area (Å²) >= 11 is 3.35. The van der Waals surface area contributed by atoms with Gasteiger partial charge in [-0.15, -0.1) is 0 Å². The van der Waals surface area contributed by atoms with Crippen LogP contribution in [0, 0.1) is 0 Å². The first-order chi connectivity index (χ1) is 10.8. The highest BCUT2D eigenvalue weighted by Crippen LogP contribution is 2.17. The predicted molar refractivity (Wildman–Crippen MR) is 87.7 cm³/mol. The Morgan fingerprint density at radius 2 is 2.17 bits per heavy atom. The Kier molecular flexibility index (Phi) is 4.35. The summed E-state index contributed by atoms with van der Waals surface area (Å²) in [6.45, 7) is 1.75. The van der Waals surface area contributed by atoms with Gasteiger partial charge in [-0.3, -0.25) is 19.7 Å². The van der Waals surface area contributed by atoms with E-state index in [-0.39, 0.29) is 10.7 Å². The van der Waals surface area contributed by atoms with Crippen molar-refractivity contribution in [3.05, 3.63) is 50.1 Å². The van der Waals surface area contributed by atoms with Crippen molar-refractivity contribution in [2.75, 3.05) is 12.8 Å². The van der Waals surface area contributed by atoms with Crippen LogP contribution < -0.4 is 5.56 Å². The summed E-state index contributed by atoms with van der Waals surface area (Å²) in [5, 5.41) is -0.260. The second-order valence-corrected chi connectivity index (χ2v) is 8.34. The maximum absolute atomic E-state index is 12.2. The number of aromatic amines is 1. The summed E-state index contributed by atoms with van der Waals surface area (Å²) in [5.41, 5.74) is 1.62. The number of halogens is 1. The van der Waals surface area contributed by atoms with Crippen LogP contribution in [0.2, 0.25) is 0 Å². The van der Waals surface area contributed by atoms with E-state index in [1.165, 1.54) is 0 Å². The molecule has 0 bridgehead atoms. The number of hydrogen-bond donors (Lipinski definition) is 1. The highest BCUT2D eigenvalue weighted by atomic mass is 79.9. The summed E-state index contributed by atoms with van der Waals surface area (Å²) in [5.74, 6) is 0. The van der Waals surface area contributed by atoms with Gasteiger partial charge in [-0.2, -0.15) is 0 Å². The Balaban J connectivity index is 1.84. The molecule has 0 unspecified atom stereocenters. The van der Waals surface area contributed by atoms with Crippen molar-refractivity contribution >= 4 is 25.8 Å². The molecule has 0 saturated carbocycles. The maximum Gasteiger partial charge on any atom is 0.256 e. The van der Waals surface area contributed by atoms with E-state index in [0.29, 0.717) is 37.3 Å². The number of fused-ring (bicyclic) bond motifs is 1. The Bertz CT molecular complexity index is 893. The van der Waals surface area contributed by atoms with Gasteiger partial charge in [0, 0.05) is 43.0 Å². The number of H-pyrrole nitrogens is 1. The summed E-state index contributed by atoms with van der Waals surface area (Å²) in [7, 11) is -3.52. The third-order valence-corrected chi connectivity index (χ3v) is 5.02. The van der Waals surface area contributed by atoms with Gasteiger partial charge >= 0.3 is 0 Å². The second-order valence-electron chi connectivity index (χ2n) is 5.50. The average Bonchev–Trinajstić information content (AvgIpc) is 2.49. The SMILES string of the molecule is CS(=O)(=O)c1nc2c(c(=O)[nH]1)CN(Cc1ccc(Br)cn1)CC2. The van der Waals surface area contributed by atoms with Gasteiger partial charge in [-0.1, -0.05) is 0 Å². The molecule has 0 amide bonds. The van der Waals surface area contributed by atoms with Crippen LogP contribution in [0.3, 0.4) is 0 Å². The van der Waals surface area contributed by atoms with Crippen LogP contribution in [0.4, 0.5) is 0 Å². The van der Waals surface area contributed by atoms with Crippen LogP contribution in [-0.4, -0.2) is 41.1 Å². The smallest absolute Gasteiger partial charge is 0.256 e. The highest BCUT2D eigenvalue weighted by molar-refractivity contribution is 9.10. The normalized spacial score (nSPS) is 15.4. The molecule has 2 aromatic heterocycles. The van der Waals surface area contributed by atoms with Crippen molar-refractivity contribution < 1.29 is 8.42 Å². The molecule has 0 radical (unpaired) electrons. The molecule has 0 aliphatic carbocycles. The number of pyridine rings is 1. The second kappa shape index (κ2) is 6.14. The fourth-order valence-corrected chi connectivity index (χ4v) is 3.29. The Morgan fingerprint density at radius 3 is 2.83 bits per heavy atom. The van der Waals surface area contributed by atoms with E-state index in [9.17, 15) is 13.2 Å². The number of sulfone groups is 1. The van der Waals surface area contributed by atoms with Crippen LogP contribution >= 0.6 is 15.9 Å². The molecule has 2 aromatic rings. The van der Waals surface area contributed by atoms with Gasteiger partial charge in [0.2, 0.25) is 15.0 Å². The Morgan fingerprint density at radius 1 is 1.39 bits per heavy atom. The molecule has 23 heavy (non-hydrogen) atoms. The van der Waals surface area contributed by atoms with Gasteiger partial charge in [0.25, 0.3) is 5.56 Å².